The summed E-state index contributed by atoms with van der Waals surface area (Å²) in [6.07, 6.45) is 0.837. The Balaban J connectivity index is 1.87. The molecule has 0 spiro atoms. The van der Waals surface area contributed by atoms with Gasteiger partial charge in [-0.25, -0.2) is 0 Å². The number of aliphatic hydroxyl groups excluding tert-OH is 1. The third kappa shape index (κ3) is 4.52. The second-order valence-corrected chi connectivity index (χ2v) is 8.77. The average Bonchev–Trinajstić information content (AvgIpc) is 3.09. The van der Waals surface area contributed by atoms with Crippen LogP contribution in [0.4, 0.5) is 5.69 Å². The van der Waals surface area contributed by atoms with Gasteiger partial charge in [0.2, 0.25) is 0 Å². The van der Waals surface area contributed by atoms with Crippen LogP contribution in [-0.4, -0.2) is 22.8 Å². The number of nitrogens with zero attached hydrogens (tertiary/aromatic N) is 1. The van der Waals surface area contributed by atoms with Crippen LogP contribution in [0.2, 0.25) is 0 Å². The zero-order valence-electron chi connectivity index (χ0n) is 18.6. The molecule has 0 aromatic heterocycles. The molecule has 0 radical (unpaired) electrons. The molecule has 172 valence electrons. The number of benzene rings is 3. The lowest BCUT2D eigenvalue weighted by atomic mass is 9.95. The van der Waals surface area contributed by atoms with Gasteiger partial charge < -0.3 is 9.84 Å². The Morgan fingerprint density at radius 3 is 2.15 bits per heavy atom. The Morgan fingerprint density at radius 1 is 0.971 bits per heavy atom. The van der Waals surface area contributed by atoms with Gasteiger partial charge in [-0.3, -0.25) is 19.3 Å². The molecule has 3 aromatic carbocycles. The highest BCUT2D eigenvalue weighted by Gasteiger charge is 2.46. The number of esters is 1. The summed E-state index contributed by atoms with van der Waals surface area (Å²) < 4.78 is 5.93. The van der Waals surface area contributed by atoms with Crippen LogP contribution in [0.15, 0.2) is 82.8 Å². The number of anilines is 1. The van der Waals surface area contributed by atoms with Crippen molar-refractivity contribution in [2.24, 2.45) is 0 Å². The highest BCUT2D eigenvalue weighted by Crippen LogP contribution is 2.42. The molecule has 7 heteroatoms. The number of aryl methyl sites for hydroxylation is 1. The van der Waals surface area contributed by atoms with Gasteiger partial charge in [0.15, 0.2) is 0 Å². The van der Waals surface area contributed by atoms with E-state index >= 15 is 0 Å². The van der Waals surface area contributed by atoms with Gasteiger partial charge in [-0.2, -0.15) is 0 Å². The van der Waals surface area contributed by atoms with E-state index in [4.69, 9.17) is 4.74 Å². The van der Waals surface area contributed by atoms with Gasteiger partial charge in [-0.15, -0.1) is 0 Å². The van der Waals surface area contributed by atoms with Gasteiger partial charge in [0, 0.05) is 22.6 Å². The maximum absolute atomic E-state index is 13.2. The van der Waals surface area contributed by atoms with E-state index in [1.54, 1.807) is 60.7 Å². The number of amides is 1. The molecule has 1 heterocycles. The summed E-state index contributed by atoms with van der Waals surface area (Å²) >= 11 is 3.36. The number of ketones is 1. The van der Waals surface area contributed by atoms with Gasteiger partial charge in [-0.1, -0.05) is 59.3 Å². The molecule has 1 saturated heterocycles. The highest BCUT2D eigenvalue weighted by molar-refractivity contribution is 9.10. The molecule has 34 heavy (non-hydrogen) atoms. The summed E-state index contributed by atoms with van der Waals surface area (Å²) in [5.74, 6) is -1.86. The Morgan fingerprint density at radius 2 is 1.59 bits per heavy atom. The lowest BCUT2D eigenvalue weighted by Gasteiger charge is -2.25. The first-order valence-corrected chi connectivity index (χ1v) is 11.5. The second kappa shape index (κ2) is 9.65. The first-order valence-electron chi connectivity index (χ1n) is 10.7. The summed E-state index contributed by atoms with van der Waals surface area (Å²) in [7, 11) is 0. The molecule has 1 fully saturated rings. The van der Waals surface area contributed by atoms with Crippen LogP contribution in [0.3, 0.4) is 0 Å². The van der Waals surface area contributed by atoms with E-state index in [-0.39, 0.29) is 11.3 Å². The molecule has 1 amide bonds. The van der Waals surface area contributed by atoms with E-state index in [1.807, 2.05) is 19.1 Å². The molecule has 0 saturated carbocycles. The zero-order chi connectivity index (χ0) is 24.4. The monoisotopic (exact) mass is 519 g/mol. The number of carbonyl (C=O) groups excluding carboxylic acids is 3. The van der Waals surface area contributed by atoms with Crippen molar-refractivity contribution in [3.63, 3.8) is 0 Å². The van der Waals surface area contributed by atoms with Gasteiger partial charge in [-0.05, 0) is 53.9 Å². The van der Waals surface area contributed by atoms with Crippen LogP contribution in [0.25, 0.3) is 5.76 Å². The van der Waals surface area contributed by atoms with Crippen LogP contribution < -0.4 is 9.64 Å². The van der Waals surface area contributed by atoms with Crippen LogP contribution in [-0.2, 0) is 20.8 Å². The van der Waals surface area contributed by atoms with E-state index < -0.39 is 23.7 Å². The normalized spacial score (nSPS) is 17.1. The first kappa shape index (κ1) is 23.4. The van der Waals surface area contributed by atoms with Gasteiger partial charge in [0.05, 0.1) is 11.6 Å². The quantitative estimate of drug-likeness (QED) is 0.157. The van der Waals surface area contributed by atoms with Crippen molar-refractivity contribution in [1.82, 2.24) is 0 Å². The van der Waals surface area contributed by atoms with E-state index in [0.29, 0.717) is 22.6 Å². The van der Waals surface area contributed by atoms with Crippen LogP contribution >= 0.6 is 15.9 Å². The average molecular weight is 520 g/mol. The predicted molar refractivity (Wildman–Crippen MR) is 132 cm³/mol. The van der Waals surface area contributed by atoms with Gasteiger partial charge >= 0.3 is 5.97 Å². The van der Waals surface area contributed by atoms with Crippen molar-refractivity contribution < 1.29 is 24.2 Å². The molecular formula is C27H22BrNO5. The third-order valence-corrected chi connectivity index (χ3v) is 6.17. The number of Topliss-reactive ketones (excluding diaryl/α,β-unsaturated/α-hetero) is 1. The Bertz CT molecular complexity index is 1280. The second-order valence-electron chi connectivity index (χ2n) is 7.86. The predicted octanol–water partition coefficient (Wildman–Crippen LogP) is 5.56. The number of aliphatic hydroxyl groups is 1. The van der Waals surface area contributed by atoms with Crippen LogP contribution in [0.5, 0.6) is 5.75 Å². The molecule has 4 rings (SSSR count). The number of rotatable bonds is 5. The molecule has 6 nitrogen and oxygen atoms in total. The minimum absolute atomic E-state index is 0.00729. The van der Waals surface area contributed by atoms with Gasteiger partial charge in [0.1, 0.15) is 11.5 Å². The molecule has 0 bridgehead atoms. The molecule has 1 N–H and O–H groups in total. The molecule has 0 aliphatic carbocycles. The first-order chi connectivity index (χ1) is 16.3. The Labute approximate surface area is 205 Å². The van der Waals surface area contributed by atoms with Crippen molar-refractivity contribution >= 4 is 45.0 Å². The topological polar surface area (TPSA) is 83.9 Å². The maximum atomic E-state index is 13.2. The molecule has 1 aliphatic rings. The summed E-state index contributed by atoms with van der Waals surface area (Å²) in [5, 5.41) is 11.1. The minimum Gasteiger partial charge on any atom is -0.507 e. The zero-order valence-corrected chi connectivity index (χ0v) is 20.2. The van der Waals surface area contributed by atoms with Gasteiger partial charge in [0.25, 0.3) is 11.7 Å². The SMILES string of the molecule is CCc1ccc(N2C(=O)C(=O)/C(=C(/O)c3ccc(Br)cc3)C2c2ccc(OC(C)=O)cc2)cc1. The number of hydrogen-bond acceptors (Lipinski definition) is 5. The fraction of sp³-hybridized carbons (Fsp3) is 0.148. The van der Waals surface area contributed by atoms with Crippen molar-refractivity contribution in [1.29, 1.82) is 0 Å². The minimum atomic E-state index is -0.859. The number of halogens is 1. The lowest BCUT2D eigenvalue weighted by molar-refractivity contribution is -0.132. The fourth-order valence-corrected chi connectivity index (χ4v) is 4.22. The summed E-state index contributed by atoms with van der Waals surface area (Å²) in [5.41, 5.74) is 2.64. The van der Waals surface area contributed by atoms with E-state index in [2.05, 4.69) is 15.9 Å². The molecule has 3 aromatic rings. The third-order valence-electron chi connectivity index (χ3n) is 5.64. The van der Waals surface area contributed by atoms with E-state index in [1.165, 1.54) is 11.8 Å². The van der Waals surface area contributed by atoms with Crippen LogP contribution in [0.1, 0.15) is 36.6 Å². The van der Waals surface area contributed by atoms with Crippen molar-refractivity contribution in [2.75, 3.05) is 4.90 Å². The summed E-state index contributed by atoms with van der Waals surface area (Å²) in [6.45, 7) is 3.34. The molecule has 1 atom stereocenters. The number of hydrogen-bond donors (Lipinski definition) is 1. The summed E-state index contributed by atoms with van der Waals surface area (Å²) in [6, 6.07) is 19.9. The van der Waals surface area contributed by atoms with E-state index in [9.17, 15) is 19.5 Å². The largest absolute Gasteiger partial charge is 0.507 e. The lowest BCUT2D eigenvalue weighted by Crippen LogP contribution is -2.29. The molecule has 1 unspecified atom stereocenters. The highest BCUT2D eigenvalue weighted by atomic mass is 79.9. The van der Waals surface area contributed by atoms with E-state index in [0.717, 1.165) is 16.5 Å². The standard InChI is InChI=1S/C27H22BrNO5/c1-3-17-4-12-21(13-5-17)29-24(18-8-14-22(15-9-18)34-16(2)30)23(26(32)27(29)33)25(31)19-6-10-20(28)11-7-19/h4-15,24,31H,3H2,1-2H3/b25-23+. The smallest absolute Gasteiger partial charge is 0.308 e. The van der Waals surface area contributed by atoms with Crippen molar-refractivity contribution in [2.45, 2.75) is 26.3 Å². The Kier molecular flexibility index (Phi) is 6.65. The number of ether oxygens (including phenoxy) is 1. The Hall–Kier alpha value is -3.71. The summed E-state index contributed by atoms with van der Waals surface area (Å²) in [4.78, 5) is 39.1. The van der Waals surface area contributed by atoms with Crippen LogP contribution in [0, 0.1) is 0 Å². The molecule has 1 aliphatic heterocycles. The molecular weight excluding hydrogens is 498 g/mol. The number of carbonyl (C=O) groups is 3. The van der Waals surface area contributed by atoms with Crippen molar-refractivity contribution in [3.8, 4) is 5.75 Å². The maximum Gasteiger partial charge on any atom is 0.308 e. The van der Waals surface area contributed by atoms with Crippen molar-refractivity contribution in [3.05, 3.63) is 99.5 Å². The fourth-order valence-electron chi connectivity index (χ4n) is 3.95.